The quantitative estimate of drug-likeness (QED) is 0.625. The van der Waals surface area contributed by atoms with Gasteiger partial charge in [0.05, 0.1) is 11.7 Å². The molecule has 56 valence electrons. The molecule has 0 bridgehead atoms. The summed E-state index contributed by atoms with van der Waals surface area (Å²) in [5, 5.41) is 9.47. The lowest BCUT2D eigenvalue weighted by Gasteiger charge is -2.27. The molecule has 0 amide bonds. The lowest BCUT2D eigenvalue weighted by molar-refractivity contribution is -0.0740. The highest BCUT2D eigenvalue weighted by molar-refractivity contribution is 4.77. The highest BCUT2D eigenvalue weighted by Crippen LogP contribution is 2.15. The smallest absolute Gasteiger partial charge is 0.0874 e. The molecule has 0 fully saturated rings. The summed E-state index contributed by atoms with van der Waals surface area (Å²) < 4.78 is 4.96. The van der Waals surface area contributed by atoms with Gasteiger partial charge in [-0.05, 0) is 20.3 Å². The van der Waals surface area contributed by atoms with Gasteiger partial charge in [0.25, 0.3) is 0 Å². The number of methoxy groups -OCH3 is 1. The van der Waals surface area contributed by atoms with Crippen LogP contribution in [0.3, 0.4) is 0 Å². The molecule has 1 N–H and O–H groups in total. The molecule has 0 aliphatic carbocycles. The van der Waals surface area contributed by atoms with Crippen LogP contribution in [0.4, 0.5) is 0 Å². The Balaban J connectivity index is 3.80. The van der Waals surface area contributed by atoms with Crippen molar-refractivity contribution in [2.24, 2.45) is 0 Å². The van der Waals surface area contributed by atoms with Crippen LogP contribution in [0.15, 0.2) is 0 Å². The normalized spacial score (nSPS) is 21.0. The Bertz CT molecular complexity index is 79.0. The molecule has 0 heterocycles. The van der Waals surface area contributed by atoms with Crippen LogP contribution < -0.4 is 0 Å². The van der Waals surface area contributed by atoms with Gasteiger partial charge in [0.15, 0.2) is 0 Å². The van der Waals surface area contributed by atoms with E-state index in [2.05, 4.69) is 0 Å². The molecule has 0 saturated heterocycles. The molecule has 0 aliphatic rings. The Labute approximate surface area is 56.8 Å². The molecular weight excluding hydrogens is 116 g/mol. The lowest BCUT2D eigenvalue weighted by atomic mass is 9.98. The summed E-state index contributed by atoms with van der Waals surface area (Å²) in [6.07, 6.45) is 0.643. The second-order valence-corrected chi connectivity index (χ2v) is 2.59. The van der Waals surface area contributed by atoms with Crippen molar-refractivity contribution < 1.29 is 9.84 Å². The maximum Gasteiger partial charge on any atom is 0.0874 e. The molecule has 0 aliphatic heterocycles. The Morgan fingerprint density at radius 1 is 1.67 bits per heavy atom. The van der Waals surface area contributed by atoms with Crippen LogP contribution in [-0.4, -0.2) is 23.9 Å². The average Bonchev–Trinajstić information content (AvgIpc) is 1.86. The Morgan fingerprint density at radius 2 is 2.11 bits per heavy atom. The number of hydrogen-bond acceptors (Lipinski definition) is 2. The van der Waals surface area contributed by atoms with E-state index in [4.69, 9.17) is 4.74 Å². The summed E-state index contributed by atoms with van der Waals surface area (Å²) in [6.45, 7) is 5.58. The van der Waals surface area contributed by atoms with Gasteiger partial charge >= 0.3 is 0 Å². The Hall–Kier alpha value is -0.0800. The van der Waals surface area contributed by atoms with Crippen LogP contribution >= 0.6 is 0 Å². The Kier molecular flexibility index (Phi) is 3.15. The molecule has 0 aromatic heterocycles. The fourth-order valence-corrected chi connectivity index (χ4v) is 0.541. The first-order chi connectivity index (χ1) is 4.04. The van der Waals surface area contributed by atoms with E-state index in [9.17, 15) is 5.11 Å². The third-order valence-corrected chi connectivity index (χ3v) is 1.95. The van der Waals surface area contributed by atoms with Crippen molar-refractivity contribution in [1.82, 2.24) is 0 Å². The van der Waals surface area contributed by atoms with Gasteiger partial charge in [0, 0.05) is 7.11 Å². The molecule has 9 heavy (non-hydrogen) atoms. The third-order valence-electron chi connectivity index (χ3n) is 1.95. The largest absolute Gasteiger partial charge is 0.387 e. The summed E-state index contributed by atoms with van der Waals surface area (Å²) in [6, 6.07) is 0. The summed E-state index contributed by atoms with van der Waals surface area (Å²) >= 11 is 0. The van der Waals surface area contributed by atoms with Gasteiger partial charge in [-0.15, -0.1) is 0 Å². The van der Waals surface area contributed by atoms with Crippen molar-refractivity contribution in [1.29, 1.82) is 0 Å². The van der Waals surface area contributed by atoms with Crippen molar-refractivity contribution in [2.45, 2.75) is 38.9 Å². The van der Waals surface area contributed by atoms with Crippen molar-refractivity contribution in [3.63, 3.8) is 0 Å². The molecular formula is C7H16O2. The van der Waals surface area contributed by atoms with E-state index in [-0.39, 0.29) is 6.10 Å². The van der Waals surface area contributed by atoms with Crippen LogP contribution in [0.5, 0.6) is 0 Å². The lowest BCUT2D eigenvalue weighted by Crippen LogP contribution is -2.37. The standard InChI is InChI=1S/C7H16O2/c1-5-7(3,8)6(2)9-4/h6,8H,5H2,1-4H3. The van der Waals surface area contributed by atoms with E-state index >= 15 is 0 Å². The molecule has 2 nitrogen and oxygen atoms in total. The molecule has 2 unspecified atom stereocenters. The molecule has 0 aromatic rings. The minimum atomic E-state index is -0.672. The molecule has 0 aromatic carbocycles. The number of hydrogen-bond donors (Lipinski definition) is 1. The summed E-state index contributed by atoms with van der Waals surface area (Å²) in [4.78, 5) is 0. The summed E-state index contributed by atoms with van der Waals surface area (Å²) in [7, 11) is 1.61. The van der Waals surface area contributed by atoms with Crippen LogP contribution in [-0.2, 0) is 4.74 Å². The van der Waals surface area contributed by atoms with Crippen LogP contribution in [0.2, 0.25) is 0 Å². The minimum Gasteiger partial charge on any atom is -0.387 e. The second kappa shape index (κ2) is 3.18. The van der Waals surface area contributed by atoms with Crippen LogP contribution in [0.25, 0.3) is 0 Å². The van der Waals surface area contributed by atoms with E-state index in [0.717, 1.165) is 6.42 Å². The molecule has 2 heteroatoms. The molecule has 0 spiro atoms. The van der Waals surface area contributed by atoms with Crippen molar-refractivity contribution in [3.8, 4) is 0 Å². The number of ether oxygens (including phenoxy) is 1. The first-order valence-electron chi connectivity index (χ1n) is 3.29. The monoisotopic (exact) mass is 132 g/mol. The number of aliphatic hydroxyl groups is 1. The van der Waals surface area contributed by atoms with E-state index in [1.54, 1.807) is 14.0 Å². The maximum atomic E-state index is 9.47. The van der Waals surface area contributed by atoms with E-state index in [1.807, 2.05) is 13.8 Å². The zero-order valence-corrected chi connectivity index (χ0v) is 6.64. The number of rotatable bonds is 3. The highest BCUT2D eigenvalue weighted by atomic mass is 16.5. The molecule has 2 atom stereocenters. The van der Waals surface area contributed by atoms with Gasteiger partial charge in [0.2, 0.25) is 0 Å². The Morgan fingerprint density at radius 3 is 2.22 bits per heavy atom. The van der Waals surface area contributed by atoms with Crippen molar-refractivity contribution in [3.05, 3.63) is 0 Å². The average molecular weight is 132 g/mol. The van der Waals surface area contributed by atoms with Gasteiger partial charge < -0.3 is 9.84 Å². The zero-order chi connectivity index (χ0) is 7.49. The van der Waals surface area contributed by atoms with Gasteiger partial charge in [-0.3, -0.25) is 0 Å². The first-order valence-corrected chi connectivity index (χ1v) is 3.29. The van der Waals surface area contributed by atoms with E-state index < -0.39 is 5.60 Å². The van der Waals surface area contributed by atoms with Crippen molar-refractivity contribution in [2.75, 3.05) is 7.11 Å². The predicted octanol–water partition coefficient (Wildman–Crippen LogP) is 1.18. The second-order valence-electron chi connectivity index (χ2n) is 2.59. The van der Waals surface area contributed by atoms with Crippen molar-refractivity contribution >= 4 is 0 Å². The summed E-state index contributed by atoms with van der Waals surface area (Å²) in [5.74, 6) is 0. The third kappa shape index (κ3) is 2.33. The molecule has 0 rings (SSSR count). The summed E-state index contributed by atoms with van der Waals surface area (Å²) in [5.41, 5.74) is -0.672. The van der Waals surface area contributed by atoms with Crippen LogP contribution in [0, 0.1) is 0 Å². The topological polar surface area (TPSA) is 29.5 Å². The van der Waals surface area contributed by atoms with E-state index in [0.29, 0.717) is 0 Å². The van der Waals surface area contributed by atoms with E-state index in [1.165, 1.54) is 0 Å². The predicted molar refractivity (Wildman–Crippen MR) is 37.4 cm³/mol. The fraction of sp³-hybridized carbons (Fsp3) is 1.00. The zero-order valence-electron chi connectivity index (χ0n) is 6.64. The minimum absolute atomic E-state index is 0.0810. The first kappa shape index (κ1) is 8.92. The van der Waals surface area contributed by atoms with Crippen LogP contribution in [0.1, 0.15) is 27.2 Å². The highest BCUT2D eigenvalue weighted by Gasteiger charge is 2.25. The SMILES string of the molecule is CCC(C)(O)C(C)OC. The fourth-order valence-electron chi connectivity index (χ4n) is 0.541. The van der Waals surface area contributed by atoms with Gasteiger partial charge in [0.1, 0.15) is 0 Å². The molecule has 0 radical (unpaired) electrons. The molecule has 0 saturated carbocycles. The van der Waals surface area contributed by atoms with Gasteiger partial charge in [-0.25, -0.2) is 0 Å². The van der Waals surface area contributed by atoms with Gasteiger partial charge in [-0.2, -0.15) is 0 Å². The van der Waals surface area contributed by atoms with Gasteiger partial charge in [-0.1, -0.05) is 6.92 Å². The maximum absolute atomic E-state index is 9.47.